The monoisotopic (exact) mass is 247 g/mol. The summed E-state index contributed by atoms with van der Waals surface area (Å²) in [7, 11) is 0. The van der Waals surface area contributed by atoms with Crippen molar-refractivity contribution in [1.82, 2.24) is 0 Å². The van der Waals surface area contributed by atoms with Gasteiger partial charge in [-0.1, -0.05) is 30.5 Å². The van der Waals surface area contributed by atoms with Gasteiger partial charge in [0.05, 0.1) is 0 Å². The lowest BCUT2D eigenvalue weighted by Crippen LogP contribution is -2.42. The number of aryl methyl sites for hydroxylation is 1. The Morgan fingerprint density at radius 1 is 1.22 bits per heavy atom. The molecule has 1 aromatic carbocycles. The number of hydrogen-bond acceptors (Lipinski definition) is 1. The van der Waals surface area contributed by atoms with Crippen LogP contribution < -0.4 is 5.73 Å². The number of benzene rings is 1. The van der Waals surface area contributed by atoms with Crippen molar-refractivity contribution in [3.05, 3.63) is 35.1 Å². The van der Waals surface area contributed by atoms with E-state index in [1.807, 2.05) is 19.1 Å². The van der Waals surface area contributed by atoms with E-state index in [4.69, 9.17) is 5.73 Å². The fraction of sp³-hybridized carbons (Fsp3) is 0.625. The number of halogens is 1. The number of hydrogen-bond donors (Lipinski definition) is 1. The van der Waals surface area contributed by atoms with Crippen LogP contribution in [-0.4, -0.2) is 0 Å². The lowest BCUT2D eigenvalue weighted by molar-refractivity contribution is 0.202. The molecule has 0 aromatic heterocycles. The minimum atomic E-state index is -0.429. The third-order valence-electron chi connectivity index (χ3n) is 4.77. The Morgan fingerprint density at radius 3 is 2.72 bits per heavy atom. The number of rotatable bonds is 2. The van der Waals surface area contributed by atoms with E-state index in [0.29, 0.717) is 0 Å². The maximum Gasteiger partial charge on any atom is 0.128 e. The molecule has 1 nitrogen and oxygen atoms in total. The SMILES string of the molecule is Cc1ccc(F)c(C2(N)CCCC(C3CC3)C2)c1. The maximum absolute atomic E-state index is 14.1. The fourth-order valence-electron chi connectivity index (χ4n) is 3.59. The molecule has 2 fully saturated rings. The van der Waals surface area contributed by atoms with E-state index in [2.05, 4.69) is 0 Å². The zero-order valence-electron chi connectivity index (χ0n) is 11.1. The van der Waals surface area contributed by atoms with E-state index in [0.717, 1.165) is 42.2 Å². The Morgan fingerprint density at radius 2 is 2.00 bits per heavy atom. The van der Waals surface area contributed by atoms with Gasteiger partial charge in [-0.25, -0.2) is 4.39 Å². The largest absolute Gasteiger partial charge is 0.321 e. The highest BCUT2D eigenvalue weighted by molar-refractivity contribution is 5.31. The van der Waals surface area contributed by atoms with Gasteiger partial charge < -0.3 is 5.73 Å². The predicted octanol–water partition coefficient (Wildman–Crippen LogP) is 3.89. The first-order valence-electron chi connectivity index (χ1n) is 7.14. The molecule has 0 saturated heterocycles. The van der Waals surface area contributed by atoms with Crippen LogP contribution in [0.2, 0.25) is 0 Å². The molecule has 98 valence electrons. The van der Waals surface area contributed by atoms with Crippen molar-refractivity contribution in [3.63, 3.8) is 0 Å². The van der Waals surface area contributed by atoms with Crippen LogP contribution in [0.15, 0.2) is 18.2 Å². The molecule has 3 rings (SSSR count). The van der Waals surface area contributed by atoms with Gasteiger partial charge in [-0.2, -0.15) is 0 Å². The normalized spacial score (nSPS) is 32.5. The average molecular weight is 247 g/mol. The maximum atomic E-state index is 14.1. The molecule has 0 spiro atoms. The van der Waals surface area contributed by atoms with Gasteiger partial charge in [0, 0.05) is 11.1 Å². The quantitative estimate of drug-likeness (QED) is 0.843. The molecule has 0 aliphatic heterocycles. The second kappa shape index (κ2) is 4.34. The highest BCUT2D eigenvalue weighted by Crippen LogP contribution is 2.48. The molecule has 18 heavy (non-hydrogen) atoms. The van der Waals surface area contributed by atoms with Crippen LogP contribution >= 0.6 is 0 Å². The fourth-order valence-corrected chi connectivity index (χ4v) is 3.59. The molecule has 2 unspecified atom stereocenters. The van der Waals surface area contributed by atoms with Crippen molar-refractivity contribution in [1.29, 1.82) is 0 Å². The summed E-state index contributed by atoms with van der Waals surface area (Å²) in [4.78, 5) is 0. The Labute approximate surface area is 109 Å². The highest BCUT2D eigenvalue weighted by atomic mass is 19.1. The summed E-state index contributed by atoms with van der Waals surface area (Å²) in [6.45, 7) is 2.01. The van der Waals surface area contributed by atoms with Crippen LogP contribution in [0.5, 0.6) is 0 Å². The van der Waals surface area contributed by atoms with E-state index < -0.39 is 5.54 Å². The molecule has 1 aromatic rings. The lowest BCUT2D eigenvalue weighted by atomic mass is 9.71. The summed E-state index contributed by atoms with van der Waals surface area (Å²) in [6.07, 6.45) is 7.05. The second-order valence-corrected chi connectivity index (χ2v) is 6.33. The van der Waals surface area contributed by atoms with Crippen LogP contribution in [-0.2, 0) is 5.54 Å². The second-order valence-electron chi connectivity index (χ2n) is 6.33. The van der Waals surface area contributed by atoms with Crippen LogP contribution in [0.3, 0.4) is 0 Å². The van der Waals surface area contributed by atoms with Gasteiger partial charge in [-0.05, 0) is 50.5 Å². The predicted molar refractivity (Wildman–Crippen MR) is 71.7 cm³/mol. The summed E-state index contributed by atoms with van der Waals surface area (Å²) in [6, 6.07) is 5.34. The van der Waals surface area contributed by atoms with E-state index in [9.17, 15) is 4.39 Å². The minimum absolute atomic E-state index is 0.125. The third-order valence-corrected chi connectivity index (χ3v) is 4.77. The van der Waals surface area contributed by atoms with Crippen molar-refractivity contribution in [2.24, 2.45) is 17.6 Å². The summed E-state index contributed by atoms with van der Waals surface area (Å²) in [5.41, 5.74) is 7.98. The Hall–Kier alpha value is -0.890. The average Bonchev–Trinajstić information content (AvgIpc) is 3.16. The molecule has 0 radical (unpaired) electrons. The summed E-state index contributed by atoms with van der Waals surface area (Å²) >= 11 is 0. The molecule has 0 bridgehead atoms. The minimum Gasteiger partial charge on any atom is -0.321 e. The molecule has 2 saturated carbocycles. The summed E-state index contributed by atoms with van der Waals surface area (Å²) < 4.78 is 14.1. The van der Waals surface area contributed by atoms with Crippen molar-refractivity contribution in [3.8, 4) is 0 Å². The molecular formula is C16H22FN. The van der Waals surface area contributed by atoms with Gasteiger partial charge in [0.2, 0.25) is 0 Å². The van der Waals surface area contributed by atoms with Gasteiger partial charge in [-0.15, -0.1) is 0 Å². The van der Waals surface area contributed by atoms with Crippen molar-refractivity contribution < 1.29 is 4.39 Å². The van der Waals surface area contributed by atoms with Crippen molar-refractivity contribution in [2.75, 3.05) is 0 Å². The Balaban J connectivity index is 1.90. The van der Waals surface area contributed by atoms with E-state index in [1.165, 1.54) is 19.3 Å². The molecule has 2 atom stereocenters. The van der Waals surface area contributed by atoms with E-state index >= 15 is 0 Å². The molecule has 2 N–H and O–H groups in total. The highest BCUT2D eigenvalue weighted by Gasteiger charge is 2.41. The standard InChI is InChI=1S/C16H22FN/c1-11-4-7-15(17)14(9-11)16(18)8-2-3-13(10-16)12-5-6-12/h4,7,9,12-13H,2-3,5-6,8,10,18H2,1H3. The van der Waals surface area contributed by atoms with Crippen LogP contribution in [0.4, 0.5) is 4.39 Å². The Kier molecular flexibility index (Phi) is 2.93. The van der Waals surface area contributed by atoms with E-state index in [1.54, 1.807) is 6.07 Å². The molecule has 0 amide bonds. The zero-order valence-corrected chi connectivity index (χ0v) is 11.1. The first kappa shape index (κ1) is 12.2. The first-order chi connectivity index (χ1) is 8.58. The van der Waals surface area contributed by atoms with Gasteiger partial charge in [0.1, 0.15) is 5.82 Å². The van der Waals surface area contributed by atoms with Crippen LogP contribution in [0.1, 0.15) is 49.7 Å². The molecule has 2 aliphatic rings. The van der Waals surface area contributed by atoms with Gasteiger partial charge in [0.15, 0.2) is 0 Å². The van der Waals surface area contributed by atoms with Crippen molar-refractivity contribution >= 4 is 0 Å². The van der Waals surface area contributed by atoms with Crippen molar-refractivity contribution in [2.45, 2.75) is 51.0 Å². The van der Waals surface area contributed by atoms with Gasteiger partial charge >= 0.3 is 0 Å². The molecular weight excluding hydrogens is 225 g/mol. The topological polar surface area (TPSA) is 26.0 Å². The summed E-state index contributed by atoms with van der Waals surface area (Å²) in [5.74, 6) is 1.48. The molecule has 0 heterocycles. The first-order valence-corrected chi connectivity index (χ1v) is 7.14. The number of nitrogens with two attached hydrogens (primary N) is 1. The lowest BCUT2D eigenvalue weighted by Gasteiger charge is -2.39. The zero-order chi connectivity index (χ0) is 12.8. The summed E-state index contributed by atoms with van der Waals surface area (Å²) in [5, 5.41) is 0. The van der Waals surface area contributed by atoms with Crippen LogP contribution in [0.25, 0.3) is 0 Å². The van der Waals surface area contributed by atoms with Gasteiger partial charge in [-0.3, -0.25) is 0 Å². The third kappa shape index (κ3) is 2.18. The Bertz CT molecular complexity index is 452. The smallest absolute Gasteiger partial charge is 0.128 e. The molecule has 2 aliphatic carbocycles. The molecule has 2 heteroatoms. The van der Waals surface area contributed by atoms with E-state index in [-0.39, 0.29) is 5.82 Å². The van der Waals surface area contributed by atoms with Crippen LogP contribution in [0, 0.1) is 24.6 Å². The van der Waals surface area contributed by atoms with Gasteiger partial charge in [0.25, 0.3) is 0 Å².